The van der Waals surface area contributed by atoms with Crippen molar-refractivity contribution >= 4 is 40.3 Å². The van der Waals surface area contributed by atoms with Crippen LogP contribution in [-0.2, 0) is 25.7 Å². The first-order chi connectivity index (χ1) is 15.0. The molecule has 1 fully saturated rings. The predicted octanol–water partition coefficient (Wildman–Crippen LogP) is 3.51. The topological polar surface area (TPSA) is 79.8 Å². The van der Waals surface area contributed by atoms with Crippen molar-refractivity contribution in [3.63, 3.8) is 0 Å². The first-order valence-electron chi connectivity index (χ1n) is 10.4. The smallest absolute Gasteiger partial charge is 0.309 e. The Morgan fingerprint density at radius 3 is 2.58 bits per heavy atom. The van der Waals surface area contributed by atoms with Gasteiger partial charge in [0.1, 0.15) is 6.61 Å². The molecule has 2 aromatic rings. The summed E-state index contributed by atoms with van der Waals surface area (Å²) in [4.78, 5) is 44.2. The lowest BCUT2D eigenvalue weighted by atomic mass is 9.97. The molecule has 7 nitrogen and oxygen atoms in total. The third-order valence-corrected chi connectivity index (χ3v) is 6.10. The molecule has 8 heteroatoms. The highest BCUT2D eigenvalue weighted by molar-refractivity contribution is 7.14. The summed E-state index contributed by atoms with van der Waals surface area (Å²) >= 11 is 1.36. The Labute approximate surface area is 186 Å². The van der Waals surface area contributed by atoms with Crippen LogP contribution in [0.1, 0.15) is 37.9 Å². The molecule has 3 rings (SSSR count). The van der Waals surface area contributed by atoms with Gasteiger partial charge in [-0.1, -0.05) is 30.3 Å². The summed E-state index contributed by atoms with van der Waals surface area (Å²) in [7, 11) is 0. The third-order valence-electron chi connectivity index (χ3n) is 5.19. The number of ether oxygens (including phenoxy) is 1. The van der Waals surface area contributed by atoms with Gasteiger partial charge in [0, 0.05) is 38.0 Å². The molecule has 1 aromatic carbocycles. The monoisotopic (exact) mass is 441 g/mol. The van der Waals surface area contributed by atoms with E-state index in [1.807, 2.05) is 37.3 Å². The summed E-state index contributed by atoms with van der Waals surface area (Å²) < 4.78 is 5.44. The number of esters is 1. The Balaban J connectivity index is 1.44. The molecule has 1 aromatic heterocycles. The fourth-order valence-electron chi connectivity index (χ4n) is 3.41. The fraction of sp³-hybridized carbons (Fsp3) is 0.391. The minimum atomic E-state index is -0.264. The maximum atomic E-state index is 12.4. The van der Waals surface area contributed by atoms with Gasteiger partial charge in [-0.25, -0.2) is 4.98 Å². The Morgan fingerprint density at radius 1 is 1.23 bits per heavy atom. The van der Waals surface area contributed by atoms with E-state index in [1.165, 1.54) is 18.3 Å². The number of likely N-dealkylation sites (tertiary alicyclic amines) is 1. The fourth-order valence-corrected chi connectivity index (χ4v) is 4.33. The van der Waals surface area contributed by atoms with Crippen LogP contribution in [0.2, 0.25) is 0 Å². The molecule has 164 valence electrons. The van der Waals surface area contributed by atoms with Gasteiger partial charge in [0.25, 0.3) is 0 Å². The van der Waals surface area contributed by atoms with Crippen LogP contribution in [-0.4, -0.2) is 47.3 Å². The van der Waals surface area contributed by atoms with E-state index in [-0.39, 0.29) is 30.3 Å². The lowest BCUT2D eigenvalue weighted by Gasteiger charge is -2.30. The standard InChI is InChI=1S/C23H27N3O4S/c1-3-26(17(2)27)23-24-20(16-31-23)15-30-22(29)19-11-13-25(14-12-19)21(28)10-9-18-7-5-4-6-8-18/h4-10,16,19H,3,11-15H2,1-2H3/b10-9+. The van der Waals surface area contributed by atoms with Gasteiger partial charge in [-0.05, 0) is 31.4 Å². The van der Waals surface area contributed by atoms with E-state index in [1.54, 1.807) is 27.3 Å². The van der Waals surface area contributed by atoms with Crippen molar-refractivity contribution in [1.82, 2.24) is 9.88 Å². The number of carbonyl (C=O) groups is 3. The zero-order valence-corrected chi connectivity index (χ0v) is 18.6. The van der Waals surface area contributed by atoms with E-state index in [4.69, 9.17) is 4.74 Å². The lowest BCUT2D eigenvalue weighted by molar-refractivity contribution is -0.152. The van der Waals surface area contributed by atoms with Gasteiger partial charge in [-0.15, -0.1) is 11.3 Å². The first-order valence-corrected chi connectivity index (χ1v) is 11.3. The summed E-state index contributed by atoms with van der Waals surface area (Å²) in [6.45, 7) is 5.07. The largest absolute Gasteiger partial charge is 0.459 e. The number of nitrogens with zero attached hydrogens (tertiary/aromatic N) is 3. The zero-order chi connectivity index (χ0) is 22.2. The van der Waals surface area contributed by atoms with Crippen LogP contribution < -0.4 is 4.90 Å². The summed E-state index contributed by atoms with van der Waals surface area (Å²) in [5, 5.41) is 2.41. The van der Waals surface area contributed by atoms with E-state index in [2.05, 4.69) is 4.98 Å². The van der Waals surface area contributed by atoms with Crippen molar-refractivity contribution in [2.24, 2.45) is 5.92 Å². The molecule has 1 aliphatic rings. The Hall–Kier alpha value is -3.00. The van der Waals surface area contributed by atoms with E-state index in [9.17, 15) is 14.4 Å². The minimum absolute atomic E-state index is 0.0448. The Kier molecular flexibility index (Phi) is 7.94. The number of carbonyl (C=O) groups excluding carboxylic acids is 3. The maximum Gasteiger partial charge on any atom is 0.309 e. The van der Waals surface area contributed by atoms with Gasteiger partial charge < -0.3 is 9.64 Å². The SMILES string of the molecule is CCN(C(C)=O)c1nc(COC(=O)C2CCN(C(=O)/C=C/c3ccccc3)CC2)cs1. The number of piperidine rings is 1. The van der Waals surface area contributed by atoms with Crippen molar-refractivity contribution in [2.75, 3.05) is 24.5 Å². The number of benzene rings is 1. The van der Waals surface area contributed by atoms with Gasteiger partial charge in [-0.2, -0.15) is 0 Å². The average Bonchev–Trinajstić information content (AvgIpc) is 3.25. The summed E-state index contributed by atoms with van der Waals surface area (Å²) in [5.41, 5.74) is 1.61. The van der Waals surface area contributed by atoms with Gasteiger partial charge in [0.05, 0.1) is 11.6 Å². The van der Waals surface area contributed by atoms with Crippen LogP contribution in [0, 0.1) is 5.92 Å². The number of amides is 2. The predicted molar refractivity (Wildman–Crippen MR) is 120 cm³/mol. The lowest BCUT2D eigenvalue weighted by Crippen LogP contribution is -2.39. The molecule has 0 unspecified atom stereocenters. The van der Waals surface area contributed by atoms with Crippen LogP contribution in [0.5, 0.6) is 0 Å². The molecular formula is C23H27N3O4S. The second-order valence-electron chi connectivity index (χ2n) is 7.34. The Bertz CT molecular complexity index is 933. The van der Waals surface area contributed by atoms with Crippen LogP contribution in [0.3, 0.4) is 0 Å². The van der Waals surface area contributed by atoms with Crippen molar-refractivity contribution in [1.29, 1.82) is 0 Å². The molecule has 0 saturated carbocycles. The van der Waals surface area contributed by atoms with Crippen LogP contribution in [0.4, 0.5) is 5.13 Å². The van der Waals surface area contributed by atoms with Gasteiger partial charge in [0.15, 0.2) is 5.13 Å². The summed E-state index contributed by atoms with van der Waals surface area (Å²) in [6.07, 6.45) is 4.55. The molecule has 0 N–H and O–H groups in total. The van der Waals surface area contributed by atoms with Gasteiger partial charge in [-0.3, -0.25) is 19.3 Å². The summed E-state index contributed by atoms with van der Waals surface area (Å²) in [5.74, 6) is -0.595. The molecular weight excluding hydrogens is 414 g/mol. The molecule has 0 spiro atoms. The quantitative estimate of drug-likeness (QED) is 0.485. The van der Waals surface area contributed by atoms with E-state index >= 15 is 0 Å². The first kappa shape index (κ1) is 22.7. The highest BCUT2D eigenvalue weighted by Gasteiger charge is 2.28. The van der Waals surface area contributed by atoms with Crippen molar-refractivity contribution in [3.05, 3.63) is 53.0 Å². The number of rotatable bonds is 7. The molecule has 31 heavy (non-hydrogen) atoms. The van der Waals surface area contributed by atoms with Crippen molar-refractivity contribution in [3.8, 4) is 0 Å². The number of thiazole rings is 1. The molecule has 1 saturated heterocycles. The summed E-state index contributed by atoms with van der Waals surface area (Å²) in [6, 6.07) is 9.67. The van der Waals surface area contributed by atoms with Crippen LogP contribution >= 0.6 is 11.3 Å². The zero-order valence-electron chi connectivity index (χ0n) is 17.8. The highest BCUT2D eigenvalue weighted by Crippen LogP contribution is 2.23. The van der Waals surface area contributed by atoms with Crippen LogP contribution in [0.25, 0.3) is 6.08 Å². The molecule has 0 radical (unpaired) electrons. The van der Waals surface area contributed by atoms with E-state index in [0.717, 1.165) is 5.56 Å². The van der Waals surface area contributed by atoms with Crippen molar-refractivity contribution in [2.45, 2.75) is 33.3 Å². The molecule has 0 atom stereocenters. The number of hydrogen-bond donors (Lipinski definition) is 0. The molecule has 2 amide bonds. The maximum absolute atomic E-state index is 12.4. The average molecular weight is 442 g/mol. The normalized spacial score (nSPS) is 14.6. The van der Waals surface area contributed by atoms with Gasteiger partial charge >= 0.3 is 5.97 Å². The van der Waals surface area contributed by atoms with Gasteiger partial charge in [0.2, 0.25) is 11.8 Å². The second-order valence-corrected chi connectivity index (χ2v) is 8.17. The molecule has 0 bridgehead atoms. The number of hydrogen-bond acceptors (Lipinski definition) is 6. The third kappa shape index (κ3) is 6.24. The number of anilines is 1. The molecule has 1 aliphatic heterocycles. The molecule has 2 heterocycles. The number of aromatic nitrogens is 1. The molecule has 0 aliphatic carbocycles. The van der Waals surface area contributed by atoms with E-state index in [0.29, 0.717) is 43.3 Å². The second kappa shape index (κ2) is 10.9. The van der Waals surface area contributed by atoms with E-state index < -0.39 is 0 Å². The van der Waals surface area contributed by atoms with Crippen LogP contribution in [0.15, 0.2) is 41.8 Å². The highest BCUT2D eigenvalue weighted by atomic mass is 32.1. The minimum Gasteiger partial charge on any atom is -0.459 e. The Morgan fingerprint density at radius 2 is 1.94 bits per heavy atom. The van der Waals surface area contributed by atoms with Crippen molar-refractivity contribution < 1.29 is 19.1 Å².